The van der Waals surface area contributed by atoms with E-state index in [1.165, 1.54) is 0 Å². The van der Waals surface area contributed by atoms with Gasteiger partial charge in [0.25, 0.3) is 5.91 Å². The maximum atomic E-state index is 12.8. The number of piperazine rings is 1. The van der Waals surface area contributed by atoms with Crippen molar-refractivity contribution in [2.75, 3.05) is 46.5 Å². The summed E-state index contributed by atoms with van der Waals surface area (Å²) in [6.07, 6.45) is 2.86. The van der Waals surface area contributed by atoms with Crippen LogP contribution in [0, 0.1) is 0 Å². The van der Waals surface area contributed by atoms with Gasteiger partial charge in [0.2, 0.25) is 0 Å². The summed E-state index contributed by atoms with van der Waals surface area (Å²) in [5.74, 6) is 0.736. The molecule has 1 saturated heterocycles. The smallest absolute Gasteiger partial charge is 0.254 e. The summed E-state index contributed by atoms with van der Waals surface area (Å²) in [7, 11) is 1.63. The number of benzene rings is 1. The molecule has 0 bridgehead atoms. The monoisotopic (exact) mass is 348 g/mol. The first-order valence-corrected chi connectivity index (χ1v) is 9.12. The number of amides is 1. The molecule has 1 aromatic rings. The molecule has 0 spiro atoms. The van der Waals surface area contributed by atoms with Crippen molar-refractivity contribution in [2.45, 2.75) is 31.4 Å². The average molecular weight is 348 g/mol. The molecule has 2 fully saturated rings. The van der Waals surface area contributed by atoms with Gasteiger partial charge < -0.3 is 19.5 Å². The highest BCUT2D eigenvalue weighted by Gasteiger charge is 2.33. The molecule has 1 saturated carbocycles. The van der Waals surface area contributed by atoms with Crippen LogP contribution >= 0.6 is 0 Å². The molecule has 1 aromatic carbocycles. The third-order valence-electron chi connectivity index (χ3n) is 5.15. The van der Waals surface area contributed by atoms with Gasteiger partial charge in [-0.25, -0.2) is 0 Å². The Kier molecular flexibility index (Phi) is 6.29. The first-order valence-electron chi connectivity index (χ1n) is 9.12. The molecule has 1 aliphatic carbocycles. The number of ether oxygens (including phenoxy) is 2. The number of nitrogens with zero attached hydrogens (tertiary/aromatic N) is 2. The number of hydrogen-bond donors (Lipinski definition) is 1. The van der Waals surface area contributed by atoms with Gasteiger partial charge in [-0.15, -0.1) is 0 Å². The van der Waals surface area contributed by atoms with Crippen LogP contribution in [0.3, 0.4) is 0 Å². The van der Waals surface area contributed by atoms with Crippen molar-refractivity contribution in [3.63, 3.8) is 0 Å². The minimum atomic E-state index is -0.205. The lowest BCUT2D eigenvalue weighted by atomic mass is 10.1. The van der Waals surface area contributed by atoms with E-state index in [1.807, 2.05) is 23.1 Å². The molecular weight excluding hydrogens is 320 g/mol. The molecule has 6 nitrogen and oxygen atoms in total. The Balaban J connectivity index is 1.54. The summed E-state index contributed by atoms with van der Waals surface area (Å²) < 4.78 is 10.6. The van der Waals surface area contributed by atoms with Crippen molar-refractivity contribution >= 4 is 5.91 Å². The number of carbonyl (C=O) groups excluding carboxylic acids is 1. The van der Waals surface area contributed by atoms with Crippen molar-refractivity contribution in [1.82, 2.24) is 9.80 Å². The van der Waals surface area contributed by atoms with Crippen LogP contribution in [0.25, 0.3) is 0 Å². The Labute approximate surface area is 149 Å². The number of carbonyl (C=O) groups is 1. The highest BCUT2D eigenvalue weighted by Crippen LogP contribution is 2.25. The Hall–Kier alpha value is -1.63. The van der Waals surface area contributed by atoms with E-state index >= 15 is 0 Å². The summed E-state index contributed by atoms with van der Waals surface area (Å²) in [4.78, 5) is 17.0. The highest BCUT2D eigenvalue weighted by molar-refractivity contribution is 5.94. The predicted octanol–water partition coefficient (Wildman–Crippen LogP) is 1.38. The third kappa shape index (κ3) is 4.51. The molecule has 3 rings (SSSR count). The molecule has 2 atom stereocenters. The SMILES string of the molecule is COCCOc1cccc(C(=O)N2CCN([C@H]3CCC[C@@H]3O)CC2)c1. The van der Waals surface area contributed by atoms with Crippen molar-refractivity contribution < 1.29 is 19.4 Å². The van der Waals surface area contributed by atoms with Crippen LogP contribution in [0.2, 0.25) is 0 Å². The van der Waals surface area contributed by atoms with Crippen LogP contribution in [-0.4, -0.2) is 79.5 Å². The zero-order valence-electron chi connectivity index (χ0n) is 14.9. The van der Waals surface area contributed by atoms with Gasteiger partial charge in [-0.2, -0.15) is 0 Å². The van der Waals surface area contributed by atoms with Gasteiger partial charge in [-0.05, 0) is 37.5 Å². The van der Waals surface area contributed by atoms with Crippen LogP contribution in [-0.2, 0) is 4.74 Å². The van der Waals surface area contributed by atoms with Crippen molar-refractivity contribution in [3.05, 3.63) is 29.8 Å². The summed E-state index contributed by atoms with van der Waals surface area (Å²) in [5, 5.41) is 10.1. The second-order valence-electron chi connectivity index (χ2n) is 6.76. The molecule has 1 N–H and O–H groups in total. The Morgan fingerprint density at radius 2 is 2.00 bits per heavy atom. The predicted molar refractivity (Wildman–Crippen MR) is 94.9 cm³/mol. The second kappa shape index (κ2) is 8.65. The van der Waals surface area contributed by atoms with E-state index < -0.39 is 0 Å². The van der Waals surface area contributed by atoms with Crippen LogP contribution in [0.4, 0.5) is 0 Å². The first-order chi connectivity index (χ1) is 12.2. The summed E-state index contributed by atoms with van der Waals surface area (Å²) >= 11 is 0. The van der Waals surface area contributed by atoms with Gasteiger partial charge in [-0.3, -0.25) is 9.69 Å². The molecule has 1 heterocycles. The lowest BCUT2D eigenvalue weighted by Crippen LogP contribution is -2.53. The summed E-state index contributed by atoms with van der Waals surface area (Å²) in [5.41, 5.74) is 0.657. The van der Waals surface area contributed by atoms with E-state index in [4.69, 9.17) is 9.47 Å². The number of rotatable bonds is 6. The molecular formula is C19H28N2O4. The second-order valence-corrected chi connectivity index (χ2v) is 6.76. The maximum Gasteiger partial charge on any atom is 0.254 e. The van der Waals surface area contributed by atoms with Crippen LogP contribution in [0.15, 0.2) is 24.3 Å². The molecule has 0 aromatic heterocycles. The van der Waals surface area contributed by atoms with Crippen LogP contribution < -0.4 is 4.74 Å². The Morgan fingerprint density at radius 3 is 2.68 bits per heavy atom. The average Bonchev–Trinajstić information content (AvgIpc) is 3.08. The van der Waals surface area contributed by atoms with Gasteiger partial charge >= 0.3 is 0 Å². The van der Waals surface area contributed by atoms with Gasteiger partial charge in [-0.1, -0.05) is 6.07 Å². The van der Waals surface area contributed by atoms with Crippen molar-refractivity contribution in [3.8, 4) is 5.75 Å². The Morgan fingerprint density at radius 1 is 1.20 bits per heavy atom. The topological polar surface area (TPSA) is 62.2 Å². The molecule has 2 aliphatic rings. The van der Waals surface area contributed by atoms with E-state index in [0.717, 1.165) is 32.4 Å². The quantitative estimate of drug-likeness (QED) is 0.787. The van der Waals surface area contributed by atoms with Crippen LogP contribution in [0.1, 0.15) is 29.6 Å². The van der Waals surface area contributed by atoms with Crippen LogP contribution in [0.5, 0.6) is 5.75 Å². The van der Waals surface area contributed by atoms with E-state index in [0.29, 0.717) is 37.6 Å². The van der Waals surface area contributed by atoms with Crippen molar-refractivity contribution in [2.24, 2.45) is 0 Å². The lowest BCUT2D eigenvalue weighted by Gasteiger charge is -2.39. The minimum Gasteiger partial charge on any atom is -0.491 e. The fourth-order valence-electron chi connectivity index (χ4n) is 3.75. The van der Waals surface area contributed by atoms with Gasteiger partial charge in [0, 0.05) is 44.9 Å². The van der Waals surface area contributed by atoms with Gasteiger partial charge in [0.15, 0.2) is 0 Å². The van der Waals surface area contributed by atoms with E-state index in [9.17, 15) is 9.90 Å². The van der Waals surface area contributed by atoms with E-state index in [-0.39, 0.29) is 18.1 Å². The molecule has 6 heteroatoms. The molecule has 1 aliphatic heterocycles. The lowest BCUT2D eigenvalue weighted by molar-refractivity contribution is 0.0315. The number of methoxy groups -OCH3 is 1. The van der Waals surface area contributed by atoms with Gasteiger partial charge in [0.05, 0.1) is 12.7 Å². The summed E-state index contributed by atoms with van der Waals surface area (Å²) in [6, 6.07) is 7.60. The van der Waals surface area contributed by atoms with E-state index in [1.54, 1.807) is 13.2 Å². The van der Waals surface area contributed by atoms with E-state index in [2.05, 4.69) is 4.90 Å². The fraction of sp³-hybridized carbons (Fsp3) is 0.632. The van der Waals surface area contributed by atoms with Gasteiger partial charge in [0.1, 0.15) is 12.4 Å². The molecule has 138 valence electrons. The minimum absolute atomic E-state index is 0.0452. The largest absolute Gasteiger partial charge is 0.491 e. The summed E-state index contributed by atoms with van der Waals surface area (Å²) in [6.45, 7) is 4.06. The number of aliphatic hydroxyl groups excluding tert-OH is 1. The molecule has 1 amide bonds. The molecule has 25 heavy (non-hydrogen) atoms. The fourth-order valence-corrected chi connectivity index (χ4v) is 3.75. The zero-order chi connectivity index (χ0) is 17.6. The molecule has 0 radical (unpaired) electrons. The first kappa shape index (κ1) is 18.2. The number of hydrogen-bond acceptors (Lipinski definition) is 5. The number of aliphatic hydroxyl groups is 1. The highest BCUT2D eigenvalue weighted by atomic mass is 16.5. The zero-order valence-corrected chi connectivity index (χ0v) is 14.9. The maximum absolute atomic E-state index is 12.8. The standard InChI is InChI=1S/C19H28N2O4/c1-24-12-13-25-16-5-2-4-15(14-16)19(23)21-10-8-20(9-11-21)17-6-3-7-18(17)22/h2,4-5,14,17-18,22H,3,6-13H2,1H3/t17-,18-/m0/s1. The normalized spacial score (nSPS) is 24.5. The molecule has 0 unspecified atom stereocenters. The third-order valence-corrected chi connectivity index (χ3v) is 5.15. The van der Waals surface area contributed by atoms with Crippen molar-refractivity contribution in [1.29, 1.82) is 0 Å². The Bertz CT molecular complexity index is 572.